The third-order valence-corrected chi connectivity index (χ3v) is 2.92. The summed E-state index contributed by atoms with van der Waals surface area (Å²) in [5, 5.41) is 1.18. The number of benzene rings is 1. The SMILES string of the molecule is CC(C)OCc1cnc2c(CN(C)C)cccc2c1. The highest BCUT2D eigenvalue weighted by atomic mass is 16.5. The zero-order valence-corrected chi connectivity index (χ0v) is 12.2. The van der Waals surface area contributed by atoms with E-state index in [0.717, 1.165) is 17.6 Å². The maximum absolute atomic E-state index is 5.62. The van der Waals surface area contributed by atoms with Gasteiger partial charge in [-0.25, -0.2) is 0 Å². The maximum Gasteiger partial charge on any atom is 0.0747 e. The minimum absolute atomic E-state index is 0.246. The molecule has 0 N–H and O–H groups in total. The van der Waals surface area contributed by atoms with E-state index in [1.165, 1.54) is 10.9 Å². The molecule has 0 aliphatic rings. The number of rotatable bonds is 5. The van der Waals surface area contributed by atoms with Crippen molar-refractivity contribution >= 4 is 10.9 Å². The first-order valence-corrected chi connectivity index (χ1v) is 6.69. The number of fused-ring (bicyclic) bond motifs is 1. The van der Waals surface area contributed by atoms with Gasteiger partial charge in [0.1, 0.15) is 0 Å². The van der Waals surface area contributed by atoms with Crippen molar-refractivity contribution in [3.63, 3.8) is 0 Å². The summed E-state index contributed by atoms with van der Waals surface area (Å²) in [4.78, 5) is 6.76. The summed E-state index contributed by atoms with van der Waals surface area (Å²) in [5.41, 5.74) is 3.48. The van der Waals surface area contributed by atoms with Crippen molar-refractivity contribution in [2.45, 2.75) is 33.1 Å². The van der Waals surface area contributed by atoms with Gasteiger partial charge in [-0.05, 0) is 45.1 Å². The van der Waals surface area contributed by atoms with Gasteiger partial charge in [-0.2, -0.15) is 0 Å². The van der Waals surface area contributed by atoms with Crippen LogP contribution >= 0.6 is 0 Å². The Balaban J connectivity index is 2.28. The van der Waals surface area contributed by atoms with Crippen LogP contribution in [0.3, 0.4) is 0 Å². The monoisotopic (exact) mass is 258 g/mol. The zero-order chi connectivity index (χ0) is 13.8. The molecule has 0 fully saturated rings. The summed E-state index contributed by atoms with van der Waals surface area (Å²) in [6.45, 7) is 5.62. The van der Waals surface area contributed by atoms with Crippen LogP contribution in [-0.2, 0) is 17.9 Å². The molecule has 1 aromatic carbocycles. The van der Waals surface area contributed by atoms with Crippen molar-refractivity contribution in [1.29, 1.82) is 0 Å². The van der Waals surface area contributed by atoms with Crippen LogP contribution in [0.1, 0.15) is 25.0 Å². The molecule has 0 saturated heterocycles. The van der Waals surface area contributed by atoms with Crippen LogP contribution in [0.4, 0.5) is 0 Å². The molecule has 3 nitrogen and oxygen atoms in total. The van der Waals surface area contributed by atoms with Crippen molar-refractivity contribution in [2.24, 2.45) is 0 Å². The molecule has 0 unspecified atom stereocenters. The number of ether oxygens (including phenoxy) is 1. The zero-order valence-electron chi connectivity index (χ0n) is 12.2. The maximum atomic E-state index is 5.62. The minimum atomic E-state index is 0.246. The van der Waals surface area contributed by atoms with Crippen LogP contribution in [0.15, 0.2) is 30.5 Å². The Morgan fingerprint density at radius 3 is 2.74 bits per heavy atom. The Hall–Kier alpha value is -1.45. The predicted molar refractivity (Wildman–Crippen MR) is 79.1 cm³/mol. The molecule has 0 aliphatic carbocycles. The molecule has 0 bridgehead atoms. The number of hydrogen-bond acceptors (Lipinski definition) is 3. The van der Waals surface area contributed by atoms with Crippen molar-refractivity contribution in [2.75, 3.05) is 14.1 Å². The molecule has 102 valence electrons. The van der Waals surface area contributed by atoms with Crippen LogP contribution in [-0.4, -0.2) is 30.1 Å². The molecule has 0 saturated carbocycles. The fourth-order valence-electron chi connectivity index (χ4n) is 2.08. The molecule has 0 amide bonds. The Labute approximate surface area is 115 Å². The quantitative estimate of drug-likeness (QED) is 0.823. The molecule has 0 atom stereocenters. The first-order chi connectivity index (χ1) is 9.06. The van der Waals surface area contributed by atoms with Gasteiger partial charge < -0.3 is 9.64 Å². The van der Waals surface area contributed by atoms with Gasteiger partial charge in [0.2, 0.25) is 0 Å². The van der Waals surface area contributed by atoms with Gasteiger partial charge in [0, 0.05) is 18.1 Å². The van der Waals surface area contributed by atoms with Gasteiger partial charge in [0.25, 0.3) is 0 Å². The molecule has 2 rings (SSSR count). The van der Waals surface area contributed by atoms with Gasteiger partial charge in [0.05, 0.1) is 18.2 Å². The van der Waals surface area contributed by atoms with Crippen molar-refractivity contribution in [1.82, 2.24) is 9.88 Å². The molecule has 0 aliphatic heterocycles. The highest BCUT2D eigenvalue weighted by Gasteiger charge is 2.05. The minimum Gasteiger partial charge on any atom is -0.374 e. The molecule has 1 heterocycles. The summed E-state index contributed by atoms with van der Waals surface area (Å²) in [7, 11) is 4.15. The lowest BCUT2D eigenvalue weighted by molar-refractivity contribution is 0.0656. The smallest absolute Gasteiger partial charge is 0.0747 e. The average molecular weight is 258 g/mol. The summed E-state index contributed by atoms with van der Waals surface area (Å²) in [6, 6.07) is 8.51. The molecule has 19 heavy (non-hydrogen) atoms. The second-order valence-corrected chi connectivity index (χ2v) is 5.43. The normalized spacial score (nSPS) is 11.7. The lowest BCUT2D eigenvalue weighted by atomic mass is 10.1. The van der Waals surface area contributed by atoms with Gasteiger partial charge in [-0.1, -0.05) is 18.2 Å². The van der Waals surface area contributed by atoms with E-state index in [1.807, 2.05) is 20.0 Å². The molecule has 0 spiro atoms. The Bertz CT molecular complexity index is 549. The highest BCUT2D eigenvalue weighted by Crippen LogP contribution is 2.19. The van der Waals surface area contributed by atoms with Crippen LogP contribution in [0.2, 0.25) is 0 Å². The molecule has 2 aromatic rings. The molecule has 1 aromatic heterocycles. The van der Waals surface area contributed by atoms with E-state index in [-0.39, 0.29) is 6.10 Å². The van der Waals surface area contributed by atoms with E-state index in [1.54, 1.807) is 0 Å². The fraction of sp³-hybridized carbons (Fsp3) is 0.438. The van der Waals surface area contributed by atoms with E-state index in [4.69, 9.17) is 4.74 Å². The van der Waals surface area contributed by atoms with E-state index < -0.39 is 0 Å². The summed E-state index contributed by atoms with van der Waals surface area (Å²) in [6.07, 6.45) is 2.17. The summed E-state index contributed by atoms with van der Waals surface area (Å²) < 4.78 is 5.62. The Kier molecular flexibility index (Phi) is 4.51. The average Bonchev–Trinajstić information content (AvgIpc) is 2.35. The van der Waals surface area contributed by atoms with E-state index in [0.29, 0.717) is 6.61 Å². The third kappa shape index (κ3) is 3.75. The number of pyridine rings is 1. The Morgan fingerprint density at radius 1 is 1.26 bits per heavy atom. The van der Waals surface area contributed by atoms with Crippen LogP contribution in [0, 0.1) is 0 Å². The topological polar surface area (TPSA) is 25.4 Å². The predicted octanol–water partition coefficient (Wildman–Crippen LogP) is 3.22. The number of hydrogen-bond donors (Lipinski definition) is 0. The van der Waals surface area contributed by atoms with Crippen LogP contribution in [0.5, 0.6) is 0 Å². The fourth-order valence-corrected chi connectivity index (χ4v) is 2.08. The van der Waals surface area contributed by atoms with Crippen molar-refractivity contribution in [3.8, 4) is 0 Å². The summed E-state index contributed by atoms with van der Waals surface area (Å²) >= 11 is 0. The molecular weight excluding hydrogens is 236 g/mol. The molecule has 0 radical (unpaired) electrons. The number of aromatic nitrogens is 1. The second-order valence-electron chi connectivity index (χ2n) is 5.43. The van der Waals surface area contributed by atoms with Crippen LogP contribution in [0.25, 0.3) is 10.9 Å². The summed E-state index contributed by atoms with van der Waals surface area (Å²) in [5.74, 6) is 0. The van der Waals surface area contributed by atoms with Crippen LogP contribution < -0.4 is 0 Å². The van der Waals surface area contributed by atoms with E-state index in [9.17, 15) is 0 Å². The standard InChI is InChI=1S/C16H22N2O/c1-12(2)19-11-13-8-14-6-5-7-15(10-18(3)4)16(14)17-9-13/h5-9,12H,10-11H2,1-4H3. The van der Waals surface area contributed by atoms with Gasteiger partial charge in [-0.15, -0.1) is 0 Å². The number of nitrogens with zero attached hydrogens (tertiary/aromatic N) is 2. The molecular formula is C16H22N2O. The first kappa shape index (κ1) is 14.0. The highest BCUT2D eigenvalue weighted by molar-refractivity contribution is 5.82. The number of para-hydroxylation sites is 1. The first-order valence-electron chi connectivity index (χ1n) is 6.69. The third-order valence-electron chi connectivity index (χ3n) is 2.92. The Morgan fingerprint density at radius 2 is 2.05 bits per heavy atom. The lowest BCUT2D eigenvalue weighted by Crippen LogP contribution is -2.11. The van der Waals surface area contributed by atoms with Crippen molar-refractivity contribution in [3.05, 3.63) is 41.6 Å². The second kappa shape index (κ2) is 6.13. The lowest BCUT2D eigenvalue weighted by Gasteiger charge is -2.12. The van der Waals surface area contributed by atoms with Gasteiger partial charge in [-0.3, -0.25) is 4.98 Å². The van der Waals surface area contributed by atoms with E-state index in [2.05, 4.69) is 48.2 Å². The molecule has 3 heteroatoms. The van der Waals surface area contributed by atoms with Gasteiger partial charge >= 0.3 is 0 Å². The van der Waals surface area contributed by atoms with Gasteiger partial charge in [0.15, 0.2) is 0 Å². The largest absolute Gasteiger partial charge is 0.374 e. The van der Waals surface area contributed by atoms with E-state index >= 15 is 0 Å². The van der Waals surface area contributed by atoms with Crippen molar-refractivity contribution < 1.29 is 4.74 Å².